The Labute approximate surface area is 175 Å². The Kier molecular flexibility index (Phi) is 19.3. The average molecular weight is 395 g/mol. The van der Waals surface area contributed by atoms with Crippen LogP contribution < -0.4 is 5.32 Å². The van der Waals surface area contributed by atoms with E-state index in [9.17, 15) is 0 Å². The van der Waals surface area contributed by atoms with Gasteiger partial charge in [-0.1, -0.05) is 68.4 Å². The van der Waals surface area contributed by atoms with Gasteiger partial charge in [-0.25, -0.2) is 0 Å². The normalized spacial score (nSPS) is 12.6. The number of aliphatic imine (C=N–C) groups is 1. The Morgan fingerprint density at radius 3 is 2.07 bits per heavy atom. The van der Waals surface area contributed by atoms with E-state index in [4.69, 9.17) is 0 Å². The fourth-order valence-electron chi connectivity index (χ4n) is 1.90. The van der Waals surface area contributed by atoms with Gasteiger partial charge in [0.15, 0.2) is 0 Å². The number of benzene rings is 1. The van der Waals surface area contributed by atoms with Gasteiger partial charge in [0.2, 0.25) is 0 Å². The van der Waals surface area contributed by atoms with Crippen LogP contribution in [0.2, 0.25) is 0 Å². The minimum atomic E-state index is 0.672. The highest BCUT2D eigenvalue weighted by molar-refractivity contribution is 7.99. The first-order valence-corrected chi connectivity index (χ1v) is 11.9. The third kappa shape index (κ3) is 16.9. The van der Waals surface area contributed by atoms with Crippen molar-refractivity contribution in [2.75, 3.05) is 11.9 Å². The van der Waals surface area contributed by atoms with Crippen molar-refractivity contribution in [1.82, 2.24) is 0 Å². The number of hydrogen-bond acceptors (Lipinski definition) is 3. The van der Waals surface area contributed by atoms with E-state index in [1.807, 2.05) is 52.6 Å². The highest BCUT2D eigenvalue weighted by atomic mass is 32.2. The Morgan fingerprint density at radius 2 is 1.63 bits per heavy atom. The van der Waals surface area contributed by atoms with E-state index in [0.29, 0.717) is 5.25 Å². The van der Waals surface area contributed by atoms with Crippen LogP contribution in [0.3, 0.4) is 0 Å². The van der Waals surface area contributed by atoms with Crippen LogP contribution in [0.1, 0.15) is 87.6 Å². The predicted octanol–water partition coefficient (Wildman–Crippen LogP) is 8.59. The molecule has 1 saturated carbocycles. The lowest BCUT2D eigenvalue weighted by Gasteiger charge is -2.11. The molecule has 158 valence electrons. The Morgan fingerprint density at radius 1 is 1.07 bits per heavy atom. The van der Waals surface area contributed by atoms with Crippen molar-refractivity contribution in [2.24, 2.45) is 16.8 Å². The monoisotopic (exact) mass is 394 g/mol. The van der Waals surface area contributed by atoms with Gasteiger partial charge in [-0.05, 0) is 54.5 Å². The largest absolute Gasteiger partial charge is 0.383 e. The van der Waals surface area contributed by atoms with Crippen molar-refractivity contribution in [3.63, 3.8) is 0 Å². The van der Waals surface area contributed by atoms with Gasteiger partial charge in [-0.15, -0.1) is 0 Å². The standard InChI is InChI=1S/C16H24N2S.C4H10.2C2H6/c1-4-17-16-9-14(11-19-12(2)3)7-8-15(16)18-10-13-5-6-13;1-4(2)3;2*1-2/h4,7-9,12-13,18H,5-6,10-11H2,1-3H3;4H,1-3H3;2*1-2H3. The zero-order valence-corrected chi connectivity index (χ0v) is 20.5. The van der Waals surface area contributed by atoms with Crippen LogP contribution in [0.25, 0.3) is 0 Å². The maximum absolute atomic E-state index is 4.50. The molecule has 1 aromatic carbocycles. The van der Waals surface area contributed by atoms with Crippen LogP contribution in [0.4, 0.5) is 11.4 Å². The van der Waals surface area contributed by atoms with Crippen LogP contribution in [0.15, 0.2) is 23.2 Å². The summed E-state index contributed by atoms with van der Waals surface area (Å²) in [6, 6.07) is 6.62. The molecule has 1 aliphatic carbocycles. The summed E-state index contributed by atoms with van der Waals surface area (Å²) in [5.41, 5.74) is 3.60. The van der Waals surface area contributed by atoms with Gasteiger partial charge in [0.25, 0.3) is 0 Å². The highest BCUT2D eigenvalue weighted by Gasteiger charge is 2.20. The Bertz CT molecular complexity index is 475. The van der Waals surface area contributed by atoms with Gasteiger partial charge in [0, 0.05) is 18.5 Å². The molecular weight excluding hydrogens is 348 g/mol. The molecule has 2 rings (SSSR count). The second kappa shape index (κ2) is 18.4. The number of nitrogens with one attached hydrogen (secondary N) is 1. The summed E-state index contributed by atoms with van der Waals surface area (Å²) in [7, 11) is 0. The fourth-order valence-corrected chi connectivity index (χ4v) is 2.61. The maximum atomic E-state index is 4.50. The van der Waals surface area contributed by atoms with E-state index in [-0.39, 0.29) is 0 Å². The summed E-state index contributed by atoms with van der Waals surface area (Å²) in [5.74, 6) is 2.78. The van der Waals surface area contributed by atoms with Gasteiger partial charge < -0.3 is 5.32 Å². The average Bonchev–Trinajstić information content (AvgIpc) is 3.47. The second-order valence-corrected chi connectivity index (χ2v) is 8.72. The molecule has 3 heteroatoms. The third-order valence-corrected chi connectivity index (χ3v) is 4.36. The van der Waals surface area contributed by atoms with Crippen LogP contribution in [-0.2, 0) is 5.75 Å². The molecule has 0 bridgehead atoms. The highest BCUT2D eigenvalue weighted by Crippen LogP contribution is 2.32. The number of thioether (sulfide) groups is 1. The van der Waals surface area contributed by atoms with Crippen molar-refractivity contribution in [3.8, 4) is 0 Å². The van der Waals surface area contributed by atoms with E-state index < -0.39 is 0 Å². The smallest absolute Gasteiger partial charge is 0.0859 e. The Hall–Kier alpha value is -0.960. The molecule has 0 atom stereocenters. The lowest BCUT2D eigenvalue weighted by Crippen LogP contribution is -2.03. The molecule has 0 saturated heterocycles. The quantitative estimate of drug-likeness (QED) is 0.468. The topological polar surface area (TPSA) is 24.4 Å². The predicted molar refractivity (Wildman–Crippen MR) is 131 cm³/mol. The number of anilines is 1. The SMILES string of the molecule is CC.CC.CC(C)C.CC=Nc1cc(CSC(C)C)ccc1NCC1CC1. The first kappa shape index (κ1) is 28.3. The van der Waals surface area contributed by atoms with Crippen molar-refractivity contribution < 1.29 is 0 Å². The lowest BCUT2D eigenvalue weighted by atomic mass is 10.2. The zero-order valence-electron chi connectivity index (χ0n) is 19.7. The van der Waals surface area contributed by atoms with E-state index in [0.717, 1.165) is 29.8 Å². The number of rotatable bonds is 7. The molecule has 0 heterocycles. The van der Waals surface area contributed by atoms with Gasteiger partial charge in [0.05, 0.1) is 11.4 Å². The Balaban J connectivity index is 0. The molecular formula is C24H46N2S. The third-order valence-electron chi connectivity index (χ3n) is 3.19. The van der Waals surface area contributed by atoms with E-state index >= 15 is 0 Å². The summed E-state index contributed by atoms with van der Waals surface area (Å²) in [4.78, 5) is 4.50. The molecule has 0 spiro atoms. The fraction of sp³-hybridized carbons (Fsp3) is 0.708. The molecule has 0 aromatic heterocycles. The van der Waals surface area contributed by atoms with Gasteiger partial charge >= 0.3 is 0 Å². The molecule has 0 aliphatic heterocycles. The summed E-state index contributed by atoms with van der Waals surface area (Å²) in [5, 5.41) is 4.20. The molecule has 0 amide bonds. The van der Waals surface area contributed by atoms with Crippen LogP contribution in [0, 0.1) is 11.8 Å². The second-order valence-electron chi connectivity index (χ2n) is 7.15. The first-order chi connectivity index (χ1) is 12.9. The summed E-state index contributed by atoms with van der Waals surface area (Å²) in [6.45, 7) is 22.0. The van der Waals surface area contributed by atoms with E-state index in [1.54, 1.807) is 0 Å². The van der Waals surface area contributed by atoms with Crippen molar-refractivity contribution >= 4 is 29.4 Å². The van der Waals surface area contributed by atoms with Crippen molar-refractivity contribution in [1.29, 1.82) is 0 Å². The van der Waals surface area contributed by atoms with Crippen LogP contribution >= 0.6 is 11.8 Å². The summed E-state index contributed by atoms with van der Waals surface area (Å²) >= 11 is 1.97. The minimum absolute atomic E-state index is 0.672. The molecule has 1 N–H and O–H groups in total. The molecule has 1 aliphatic rings. The lowest BCUT2D eigenvalue weighted by molar-refractivity contribution is 0.737. The zero-order chi connectivity index (χ0) is 21.2. The number of hydrogen-bond donors (Lipinski definition) is 1. The molecule has 0 unspecified atom stereocenters. The summed E-state index contributed by atoms with van der Waals surface area (Å²) in [6.07, 6.45) is 4.63. The van der Waals surface area contributed by atoms with Crippen molar-refractivity contribution in [3.05, 3.63) is 23.8 Å². The summed E-state index contributed by atoms with van der Waals surface area (Å²) < 4.78 is 0. The van der Waals surface area contributed by atoms with Crippen LogP contribution in [0.5, 0.6) is 0 Å². The van der Waals surface area contributed by atoms with Gasteiger partial charge in [-0.3, -0.25) is 4.99 Å². The molecule has 1 aromatic rings. The van der Waals surface area contributed by atoms with Crippen molar-refractivity contribution in [2.45, 2.75) is 93.1 Å². The molecule has 27 heavy (non-hydrogen) atoms. The van der Waals surface area contributed by atoms with Gasteiger partial charge in [0.1, 0.15) is 0 Å². The van der Waals surface area contributed by atoms with Gasteiger partial charge in [-0.2, -0.15) is 11.8 Å². The number of nitrogens with zero attached hydrogens (tertiary/aromatic N) is 1. The first-order valence-electron chi connectivity index (χ1n) is 10.9. The molecule has 1 fully saturated rings. The maximum Gasteiger partial charge on any atom is 0.0859 e. The molecule has 2 nitrogen and oxygen atoms in total. The van der Waals surface area contributed by atoms with E-state index in [2.05, 4.69) is 63.1 Å². The van der Waals surface area contributed by atoms with E-state index in [1.165, 1.54) is 24.1 Å². The molecule has 0 radical (unpaired) electrons. The van der Waals surface area contributed by atoms with Crippen LogP contribution in [-0.4, -0.2) is 18.0 Å². The minimum Gasteiger partial charge on any atom is -0.383 e.